The minimum atomic E-state index is -4.96. The zero-order valence-electron chi connectivity index (χ0n) is 20.7. The van der Waals surface area contributed by atoms with Crippen LogP contribution in [0.4, 0.5) is 38.1 Å². The van der Waals surface area contributed by atoms with Gasteiger partial charge in [-0.05, 0) is 61.9 Å². The van der Waals surface area contributed by atoms with Crippen LogP contribution in [0.15, 0.2) is 42.5 Å². The van der Waals surface area contributed by atoms with E-state index in [1.54, 1.807) is 0 Å². The van der Waals surface area contributed by atoms with Crippen LogP contribution in [0.5, 0.6) is 0 Å². The minimum Gasteiger partial charge on any atom is -0.362 e. The third-order valence-corrected chi connectivity index (χ3v) is 6.63. The summed E-state index contributed by atoms with van der Waals surface area (Å²) in [4.78, 5) is 23.7. The maximum Gasteiger partial charge on any atom is 0.417 e. The molecule has 3 aromatic rings. The van der Waals surface area contributed by atoms with Gasteiger partial charge in [-0.2, -0.15) is 31.3 Å². The van der Waals surface area contributed by atoms with Gasteiger partial charge in [-0.3, -0.25) is 4.79 Å². The molecule has 1 aliphatic rings. The van der Waals surface area contributed by atoms with E-state index in [-0.39, 0.29) is 24.6 Å². The molecule has 204 valence electrons. The Kier molecular flexibility index (Phi) is 7.70. The summed E-state index contributed by atoms with van der Waals surface area (Å²) >= 11 is 0. The molecule has 1 heterocycles. The lowest BCUT2D eigenvalue weighted by atomic mass is 9.86. The number of rotatable bonds is 6. The van der Waals surface area contributed by atoms with Gasteiger partial charge in [-0.1, -0.05) is 12.1 Å². The molecule has 1 aliphatic carbocycles. The molecule has 1 aromatic heterocycles. The van der Waals surface area contributed by atoms with Gasteiger partial charge in [-0.15, -0.1) is 0 Å². The fourth-order valence-electron chi connectivity index (χ4n) is 4.65. The van der Waals surface area contributed by atoms with Crippen LogP contribution < -0.4 is 15.5 Å². The van der Waals surface area contributed by atoms with Gasteiger partial charge in [0.25, 0.3) is 5.91 Å². The molecule has 0 atom stereocenters. The first-order chi connectivity index (χ1) is 17.8. The standard InChI is InChI=1S/C26H27F6N5O/c1-37(2)22-18-5-3-4-6-21(18)35-24(36-22)34-17-10-7-15(8-11-17)14-33-23(38)19-13-16(25(27,28)29)9-12-20(19)26(30,31)32/h3-6,9,12-13,15,17H,7-8,10-11,14H2,1-2H3,(H,33,38)(H,34,35,36)/t15-,17+. The van der Waals surface area contributed by atoms with Crippen molar-refractivity contribution in [1.29, 1.82) is 0 Å². The minimum absolute atomic E-state index is 0.0213. The van der Waals surface area contributed by atoms with Crippen molar-refractivity contribution in [1.82, 2.24) is 15.3 Å². The summed E-state index contributed by atoms with van der Waals surface area (Å²) in [5.74, 6) is 0.0761. The predicted molar refractivity (Wildman–Crippen MR) is 132 cm³/mol. The van der Waals surface area contributed by atoms with Crippen LogP contribution in [0, 0.1) is 5.92 Å². The first-order valence-corrected chi connectivity index (χ1v) is 12.1. The van der Waals surface area contributed by atoms with Crippen molar-refractivity contribution < 1.29 is 31.1 Å². The molecule has 0 unspecified atom stereocenters. The second kappa shape index (κ2) is 10.7. The number of hydrogen-bond donors (Lipinski definition) is 2. The van der Waals surface area contributed by atoms with E-state index in [1.165, 1.54) is 0 Å². The van der Waals surface area contributed by atoms with Crippen LogP contribution in [-0.2, 0) is 12.4 Å². The van der Waals surface area contributed by atoms with Crippen LogP contribution in [-0.4, -0.2) is 42.6 Å². The summed E-state index contributed by atoms with van der Waals surface area (Å²) in [7, 11) is 3.80. The Bertz CT molecular complexity index is 1300. The second-order valence-electron chi connectivity index (χ2n) is 9.61. The number of para-hydroxylation sites is 1. The van der Waals surface area contributed by atoms with E-state index in [4.69, 9.17) is 0 Å². The van der Waals surface area contributed by atoms with Gasteiger partial charge in [0.15, 0.2) is 0 Å². The summed E-state index contributed by atoms with van der Waals surface area (Å²) in [6.45, 7) is 0.0658. The summed E-state index contributed by atoms with van der Waals surface area (Å²) < 4.78 is 79.1. The number of fused-ring (bicyclic) bond motifs is 1. The Morgan fingerprint density at radius 3 is 2.26 bits per heavy atom. The van der Waals surface area contributed by atoms with Gasteiger partial charge >= 0.3 is 12.4 Å². The lowest BCUT2D eigenvalue weighted by molar-refractivity contribution is -0.141. The largest absolute Gasteiger partial charge is 0.417 e. The number of halogens is 6. The van der Waals surface area contributed by atoms with Crippen LogP contribution in [0.25, 0.3) is 10.9 Å². The number of alkyl halides is 6. The average molecular weight is 540 g/mol. The highest BCUT2D eigenvalue weighted by Crippen LogP contribution is 2.36. The fourth-order valence-corrected chi connectivity index (χ4v) is 4.65. The van der Waals surface area contributed by atoms with E-state index in [0.717, 1.165) is 16.7 Å². The lowest BCUT2D eigenvalue weighted by Gasteiger charge is -2.29. The molecule has 0 saturated heterocycles. The number of carbonyl (C=O) groups excluding carboxylic acids is 1. The zero-order valence-corrected chi connectivity index (χ0v) is 20.7. The molecule has 0 bridgehead atoms. The number of anilines is 2. The SMILES string of the molecule is CN(C)c1nc(N[C@H]2CC[C@@H](CNC(=O)c3cc(C(F)(F)F)ccc3C(F)(F)F)CC2)nc2ccccc12. The van der Waals surface area contributed by atoms with Crippen LogP contribution >= 0.6 is 0 Å². The van der Waals surface area contributed by atoms with Crippen LogP contribution in [0.3, 0.4) is 0 Å². The van der Waals surface area contributed by atoms with Gasteiger partial charge in [0.1, 0.15) is 5.82 Å². The molecule has 2 aromatic carbocycles. The number of carbonyl (C=O) groups is 1. The maximum atomic E-state index is 13.3. The summed E-state index contributed by atoms with van der Waals surface area (Å²) in [6.07, 6.45) is -7.07. The second-order valence-corrected chi connectivity index (χ2v) is 9.61. The first-order valence-electron chi connectivity index (χ1n) is 12.1. The quantitative estimate of drug-likeness (QED) is 0.369. The fraction of sp³-hybridized carbons (Fsp3) is 0.423. The molecule has 38 heavy (non-hydrogen) atoms. The molecule has 2 N–H and O–H groups in total. The van der Waals surface area contributed by atoms with E-state index in [0.29, 0.717) is 43.8 Å². The Morgan fingerprint density at radius 1 is 0.947 bits per heavy atom. The number of nitrogens with one attached hydrogen (secondary N) is 2. The highest BCUT2D eigenvalue weighted by atomic mass is 19.4. The number of nitrogens with zero attached hydrogens (tertiary/aromatic N) is 3. The van der Waals surface area contributed by atoms with E-state index >= 15 is 0 Å². The zero-order chi connectivity index (χ0) is 27.7. The van der Waals surface area contributed by atoms with Crippen molar-refractivity contribution in [2.45, 2.75) is 44.1 Å². The maximum absolute atomic E-state index is 13.3. The Hall–Kier alpha value is -3.57. The first kappa shape index (κ1) is 27.5. The third-order valence-electron chi connectivity index (χ3n) is 6.63. The van der Waals surface area contributed by atoms with E-state index in [1.807, 2.05) is 43.3 Å². The smallest absolute Gasteiger partial charge is 0.362 e. The Morgan fingerprint density at radius 2 is 1.63 bits per heavy atom. The summed E-state index contributed by atoms with van der Waals surface area (Å²) in [5, 5.41) is 6.69. The van der Waals surface area contributed by atoms with Crippen LogP contribution in [0.1, 0.15) is 47.2 Å². The van der Waals surface area contributed by atoms with Crippen molar-refractivity contribution in [3.8, 4) is 0 Å². The number of benzene rings is 2. The molecule has 4 rings (SSSR count). The molecule has 0 aliphatic heterocycles. The number of amides is 1. The number of aromatic nitrogens is 2. The molecule has 0 radical (unpaired) electrons. The topological polar surface area (TPSA) is 70.2 Å². The average Bonchev–Trinajstić information content (AvgIpc) is 2.86. The van der Waals surface area contributed by atoms with E-state index in [2.05, 4.69) is 20.6 Å². The summed E-state index contributed by atoms with van der Waals surface area (Å²) in [5.41, 5.74) is -2.94. The highest BCUT2D eigenvalue weighted by molar-refractivity contribution is 5.96. The molecule has 1 saturated carbocycles. The predicted octanol–water partition coefficient (Wildman–Crippen LogP) is 6.13. The van der Waals surface area contributed by atoms with E-state index < -0.39 is 35.0 Å². The summed E-state index contributed by atoms with van der Waals surface area (Å²) in [6, 6.07) is 8.62. The van der Waals surface area contributed by atoms with Crippen molar-refractivity contribution in [2.75, 3.05) is 30.9 Å². The molecular weight excluding hydrogens is 512 g/mol. The van der Waals surface area contributed by atoms with Gasteiger partial charge in [0, 0.05) is 32.1 Å². The molecule has 1 amide bonds. The van der Waals surface area contributed by atoms with Crippen molar-refractivity contribution in [3.63, 3.8) is 0 Å². The molecule has 1 fully saturated rings. The molecule has 0 spiro atoms. The highest BCUT2D eigenvalue weighted by Gasteiger charge is 2.38. The lowest BCUT2D eigenvalue weighted by Crippen LogP contribution is -2.35. The molecular formula is C26H27F6N5O. The molecule has 12 heteroatoms. The number of hydrogen-bond acceptors (Lipinski definition) is 5. The normalized spacial score (nSPS) is 18.3. The van der Waals surface area contributed by atoms with Crippen molar-refractivity contribution in [2.24, 2.45) is 5.92 Å². The van der Waals surface area contributed by atoms with E-state index in [9.17, 15) is 31.1 Å². The van der Waals surface area contributed by atoms with Gasteiger partial charge in [-0.25, -0.2) is 4.98 Å². The van der Waals surface area contributed by atoms with Crippen LogP contribution in [0.2, 0.25) is 0 Å². The van der Waals surface area contributed by atoms with Gasteiger partial charge < -0.3 is 15.5 Å². The van der Waals surface area contributed by atoms with Gasteiger partial charge in [0.05, 0.1) is 22.2 Å². The Balaban J connectivity index is 1.37. The van der Waals surface area contributed by atoms with Crippen molar-refractivity contribution in [3.05, 3.63) is 59.2 Å². The van der Waals surface area contributed by atoms with Gasteiger partial charge in [0.2, 0.25) is 5.95 Å². The van der Waals surface area contributed by atoms with Crippen molar-refractivity contribution >= 4 is 28.6 Å². The monoisotopic (exact) mass is 539 g/mol. The Labute approximate surface area is 215 Å². The molecule has 6 nitrogen and oxygen atoms in total. The third kappa shape index (κ3) is 6.28.